The van der Waals surface area contributed by atoms with Gasteiger partial charge < -0.3 is 14.2 Å². The number of benzene rings is 2. The molecule has 2 aromatic rings. The molecule has 0 unspecified atom stereocenters. The Kier molecular flexibility index (Phi) is 6.01. The minimum atomic E-state index is -3.88. The Hall–Kier alpha value is -2.85. The van der Waals surface area contributed by atoms with Crippen LogP contribution in [0.3, 0.4) is 0 Å². The van der Waals surface area contributed by atoms with Crippen LogP contribution in [0.4, 0.5) is 5.69 Å². The summed E-state index contributed by atoms with van der Waals surface area (Å²) < 4.78 is 43.0. The fourth-order valence-corrected chi connectivity index (χ4v) is 3.24. The van der Waals surface area contributed by atoms with Gasteiger partial charge in [0.05, 0.1) is 36.7 Å². The average Bonchev–Trinajstić information content (AvgIpc) is 2.65. The zero-order valence-corrected chi connectivity index (χ0v) is 15.2. The molecule has 9 nitrogen and oxygen atoms in total. The minimum Gasteiger partial charge on any atom is -0.496 e. The first-order valence-corrected chi connectivity index (χ1v) is 8.83. The van der Waals surface area contributed by atoms with Crippen molar-refractivity contribution in [1.29, 1.82) is 0 Å². The van der Waals surface area contributed by atoms with Crippen molar-refractivity contribution in [3.63, 3.8) is 0 Å². The smallest absolute Gasteiger partial charge is 0.269 e. The number of non-ortho nitro benzene ring substituents is 1. The summed E-state index contributed by atoms with van der Waals surface area (Å²) in [6.45, 7) is -0.102. The molecule has 10 heteroatoms. The van der Waals surface area contributed by atoms with Gasteiger partial charge in [0.25, 0.3) is 5.69 Å². The Bertz CT molecular complexity index is 870. The van der Waals surface area contributed by atoms with Crippen LogP contribution in [0.2, 0.25) is 0 Å². The quantitative estimate of drug-likeness (QED) is 0.549. The normalized spacial score (nSPS) is 11.0. The average molecular weight is 382 g/mol. The minimum absolute atomic E-state index is 0.0884. The molecule has 0 atom stereocenters. The van der Waals surface area contributed by atoms with Crippen molar-refractivity contribution in [2.75, 3.05) is 21.3 Å². The van der Waals surface area contributed by atoms with Crippen molar-refractivity contribution in [1.82, 2.24) is 4.72 Å². The molecule has 2 aromatic carbocycles. The molecular weight excluding hydrogens is 364 g/mol. The van der Waals surface area contributed by atoms with Crippen LogP contribution in [0, 0.1) is 10.1 Å². The van der Waals surface area contributed by atoms with E-state index in [1.807, 2.05) is 0 Å². The Balaban J connectivity index is 2.28. The Morgan fingerprint density at radius 2 is 1.54 bits per heavy atom. The van der Waals surface area contributed by atoms with Crippen LogP contribution < -0.4 is 18.9 Å². The molecule has 0 aromatic heterocycles. The predicted octanol–water partition coefficient (Wildman–Crippen LogP) is 2.10. The first-order chi connectivity index (χ1) is 12.3. The van der Waals surface area contributed by atoms with E-state index in [2.05, 4.69) is 4.72 Å². The van der Waals surface area contributed by atoms with Gasteiger partial charge in [-0.25, -0.2) is 13.1 Å². The van der Waals surface area contributed by atoms with Gasteiger partial charge in [-0.15, -0.1) is 0 Å². The Labute approximate surface area is 150 Å². The Morgan fingerprint density at radius 1 is 1.00 bits per heavy atom. The van der Waals surface area contributed by atoms with E-state index in [0.717, 1.165) is 12.1 Å². The van der Waals surface area contributed by atoms with Gasteiger partial charge in [-0.05, 0) is 12.1 Å². The number of hydrogen-bond donors (Lipinski definition) is 1. The lowest BCUT2D eigenvalue weighted by atomic mass is 10.1. The zero-order valence-electron chi connectivity index (χ0n) is 14.4. The van der Waals surface area contributed by atoms with Gasteiger partial charge in [-0.3, -0.25) is 10.1 Å². The fourth-order valence-electron chi connectivity index (χ4n) is 2.25. The standard InChI is InChI=1S/C16H18N2O7S/c1-23-12-8-15(24-2)14(16(9-12)25-3)10-17-26(21,22)13-6-4-11(5-7-13)18(19)20/h4-9,17H,10H2,1-3H3. The molecule has 1 N–H and O–H groups in total. The third kappa shape index (κ3) is 4.21. The van der Waals surface area contributed by atoms with E-state index in [1.165, 1.54) is 33.5 Å². The zero-order chi connectivity index (χ0) is 19.3. The lowest BCUT2D eigenvalue weighted by Gasteiger charge is -2.15. The van der Waals surface area contributed by atoms with Crippen molar-refractivity contribution in [2.45, 2.75) is 11.4 Å². The summed E-state index contributed by atoms with van der Waals surface area (Å²) in [7, 11) is 0.504. The van der Waals surface area contributed by atoms with E-state index >= 15 is 0 Å². The van der Waals surface area contributed by atoms with Crippen molar-refractivity contribution in [3.8, 4) is 17.2 Å². The number of ether oxygens (including phenoxy) is 3. The van der Waals surface area contributed by atoms with Gasteiger partial charge in [0, 0.05) is 30.8 Å². The summed E-state index contributed by atoms with van der Waals surface area (Å²) in [6.07, 6.45) is 0. The maximum atomic E-state index is 12.4. The molecule has 0 radical (unpaired) electrons. The highest BCUT2D eigenvalue weighted by atomic mass is 32.2. The van der Waals surface area contributed by atoms with Gasteiger partial charge in [0.15, 0.2) is 0 Å². The highest BCUT2D eigenvalue weighted by Crippen LogP contribution is 2.34. The van der Waals surface area contributed by atoms with Crippen molar-refractivity contribution >= 4 is 15.7 Å². The molecule has 0 spiro atoms. The van der Waals surface area contributed by atoms with Crippen molar-refractivity contribution in [3.05, 3.63) is 52.1 Å². The predicted molar refractivity (Wildman–Crippen MR) is 93.2 cm³/mol. The van der Waals surface area contributed by atoms with Gasteiger partial charge in [0.2, 0.25) is 10.0 Å². The van der Waals surface area contributed by atoms with Crippen LogP contribution in [0.25, 0.3) is 0 Å². The second kappa shape index (κ2) is 8.02. The van der Waals surface area contributed by atoms with Crippen LogP contribution in [0.1, 0.15) is 5.56 Å². The molecule has 0 saturated heterocycles. The molecule has 0 fully saturated rings. The molecule has 0 aliphatic rings. The topological polar surface area (TPSA) is 117 Å². The number of hydrogen-bond acceptors (Lipinski definition) is 7. The summed E-state index contributed by atoms with van der Waals surface area (Å²) in [4.78, 5) is 9.98. The third-order valence-corrected chi connectivity index (χ3v) is 5.03. The number of methoxy groups -OCH3 is 3. The van der Waals surface area contributed by atoms with E-state index in [1.54, 1.807) is 12.1 Å². The highest BCUT2D eigenvalue weighted by Gasteiger charge is 2.19. The number of nitrogens with one attached hydrogen (secondary N) is 1. The molecule has 140 valence electrons. The first kappa shape index (κ1) is 19.5. The summed E-state index contributed by atoms with van der Waals surface area (Å²) in [5.41, 5.74) is 0.295. The molecule has 0 heterocycles. The van der Waals surface area contributed by atoms with Crippen LogP contribution in [0.15, 0.2) is 41.3 Å². The molecule has 26 heavy (non-hydrogen) atoms. The lowest BCUT2D eigenvalue weighted by molar-refractivity contribution is -0.384. The number of rotatable bonds is 8. The third-order valence-electron chi connectivity index (χ3n) is 3.61. The monoisotopic (exact) mass is 382 g/mol. The maximum Gasteiger partial charge on any atom is 0.269 e. The van der Waals surface area contributed by atoms with Crippen molar-refractivity contribution in [2.24, 2.45) is 0 Å². The molecule has 0 aliphatic carbocycles. The van der Waals surface area contributed by atoms with Crippen LogP contribution >= 0.6 is 0 Å². The second-order valence-corrected chi connectivity index (χ2v) is 6.85. The number of sulfonamides is 1. The molecule has 2 rings (SSSR count). The largest absolute Gasteiger partial charge is 0.496 e. The Morgan fingerprint density at radius 3 is 1.96 bits per heavy atom. The van der Waals surface area contributed by atoms with Crippen molar-refractivity contribution < 1.29 is 27.6 Å². The number of nitrogens with zero attached hydrogens (tertiary/aromatic N) is 1. The fraction of sp³-hybridized carbons (Fsp3) is 0.250. The van der Waals surface area contributed by atoms with Crippen LogP contribution in [-0.4, -0.2) is 34.7 Å². The first-order valence-electron chi connectivity index (χ1n) is 7.35. The maximum absolute atomic E-state index is 12.4. The molecule has 0 bridgehead atoms. The summed E-state index contributed by atoms with van der Waals surface area (Å²) in [6, 6.07) is 7.81. The summed E-state index contributed by atoms with van der Waals surface area (Å²) in [5, 5.41) is 10.7. The van der Waals surface area contributed by atoms with Gasteiger partial charge in [-0.1, -0.05) is 0 Å². The van der Waals surface area contributed by atoms with E-state index in [9.17, 15) is 18.5 Å². The summed E-state index contributed by atoms with van der Waals surface area (Å²) in [5.74, 6) is 1.29. The van der Waals surface area contributed by atoms with Crippen LogP contribution in [0.5, 0.6) is 17.2 Å². The van der Waals surface area contributed by atoms with E-state index in [-0.39, 0.29) is 17.1 Å². The van der Waals surface area contributed by atoms with Gasteiger partial charge in [0.1, 0.15) is 17.2 Å². The SMILES string of the molecule is COc1cc(OC)c(CNS(=O)(=O)c2ccc([N+](=O)[O-])cc2)c(OC)c1. The van der Waals surface area contributed by atoms with E-state index in [0.29, 0.717) is 22.8 Å². The molecular formula is C16H18N2O7S. The van der Waals surface area contributed by atoms with Gasteiger partial charge in [-0.2, -0.15) is 0 Å². The molecule has 0 saturated carbocycles. The number of nitro groups is 1. The van der Waals surface area contributed by atoms with E-state index < -0.39 is 14.9 Å². The van der Waals surface area contributed by atoms with Crippen LogP contribution in [-0.2, 0) is 16.6 Å². The summed E-state index contributed by atoms with van der Waals surface area (Å²) >= 11 is 0. The molecule has 0 amide bonds. The molecule has 0 aliphatic heterocycles. The number of nitro benzene ring substituents is 1. The lowest BCUT2D eigenvalue weighted by Crippen LogP contribution is -2.23. The highest BCUT2D eigenvalue weighted by molar-refractivity contribution is 7.89. The van der Waals surface area contributed by atoms with E-state index in [4.69, 9.17) is 14.2 Å². The second-order valence-electron chi connectivity index (χ2n) is 5.09. The van der Waals surface area contributed by atoms with Gasteiger partial charge >= 0.3 is 0 Å².